The second-order valence-corrected chi connectivity index (χ2v) is 5.36. The molecule has 1 fully saturated rings. The highest BCUT2D eigenvalue weighted by Crippen LogP contribution is 2.28. The van der Waals surface area contributed by atoms with Crippen LogP contribution in [0.2, 0.25) is 0 Å². The third-order valence-corrected chi connectivity index (χ3v) is 3.77. The minimum Gasteiger partial charge on any atom is -0.369 e. The predicted molar refractivity (Wildman–Crippen MR) is 71.5 cm³/mol. The molecular formula is C15H21NO2. The van der Waals surface area contributed by atoms with E-state index in [1.807, 2.05) is 24.8 Å². The molecule has 98 valence electrons. The molecule has 0 spiro atoms. The quantitative estimate of drug-likeness (QED) is 0.821. The van der Waals surface area contributed by atoms with Gasteiger partial charge in [0, 0.05) is 26.1 Å². The maximum atomic E-state index is 12.3. The molecule has 1 aromatic carbocycles. The van der Waals surface area contributed by atoms with Crippen molar-refractivity contribution in [1.82, 2.24) is 4.90 Å². The largest absolute Gasteiger partial charge is 0.369 e. The average Bonchev–Trinajstić information content (AvgIpc) is 2.88. The Morgan fingerprint density at radius 2 is 2.00 bits per heavy atom. The monoisotopic (exact) mass is 247 g/mol. The summed E-state index contributed by atoms with van der Waals surface area (Å²) in [5.74, 6) is 0.547. The Morgan fingerprint density at radius 1 is 1.33 bits per heavy atom. The Bertz CT molecular complexity index is 414. The van der Waals surface area contributed by atoms with E-state index < -0.39 is 5.60 Å². The maximum Gasteiger partial charge on any atom is 0.254 e. The molecule has 18 heavy (non-hydrogen) atoms. The second kappa shape index (κ2) is 5.11. The lowest BCUT2D eigenvalue weighted by Gasteiger charge is -2.28. The van der Waals surface area contributed by atoms with Gasteiger partial charge in [-0.3, -0.25) is 4.79 Å². The van der Waals surface area contributed by atoms with Crippen molar-refractivity contribution in [3.63, 3.8) is 0 Å². The van der Waals surface area contributed by atoms with Crippen LogP contribution >= 0.6 is 0 Å². The summed E-state index contributed by atoms with van der Waals surface area (Å²) in [4.78, 5) is 14.2. The number of methoxy groups -OCH3 is 1. The van der Waals surface area contributed by atoms with Crippen LogP contribution in [0.4, 0.5) is 0 Å². The second-order valence-electron chi connectivity index (χ2n) is 5.36. The smallest absolute Gasteiger partial charge is 0.254 e. The molecule has 0 radical (unpaired) electrons. The lowest BCUT2D eigenvalue weighted by molar-refractivity contribution is -0.149. The summed E-state index contributed by atoms with van der Waals surface area (Å²) >= 11 is 0. The third-order valence-electron chi connectivity index (χ3n) is 3.77. The van der Waals surface area contributed by atoms with E-state index in [2.05, 4.69) is 24.3 Å². The summed E-state index contributed by atoms with van der Waals surface area (Å²) in [5.41, 5.74) is 0.606. The van der Waals surface area contributed by atoms with Gasteiger partial charge in [0.1, 0.15) is 5.60 Å². The molecule has 1 aliphatic heterocycles. The fourth-order valence-electron chi connectivity index (χ4n) is 2.41. The van der Waals surface area contributed by atoms with Gasteiger partial charge in [-0.2, -0.15) is 0 Å². The van der Waals surface area contributed by atoms with E-state index in [4.69, 9.17) is 4.74 Å². The van der Waals surface area contributed by atoms with Gasteiger partial charge >= 0.3 is 0 Å². The van der Waals surface area contributed by atoms with Crippen LogP contribution in [0, 0.1) is 0 Å². The maximum absolute atomic E-state index is 12.3. The number of nitrogens with zero attached hydrogens (tertiary/aromatic N) is 1. The van der Waals surface area contributed by atoms with Crippen LogP contribution in [-0.4, -0.2) is 36.6 Å². The van der Waals surface area contributed by atoms with Crippen LogP contribution in [0.25, 0.3) is 0 Å². The predicted octanol–water partition coefficient (Wildman–Crippen LogP) is 2.43. The fourth-order valence-corrected chi connectivity index (χ4v) is 2.41. The minimum absolute atomic E-state index is 0.0865. The third kappa shape index (κ3) is 2.56. The number of likely N-dealkylation sites (tertiary alicyclic amines) is 1. The highest BCUT2D eigenvalue weighted by atomic mass is 16.5. The van der Waals surface area contributed by atoms with Gasteiger partial charge in [-0.05, 0) is 25.8 Å². The lowest BCUT2D eigenvalue weighted by atomic mass is 9.99. The van der Waals surface area contributed by atoms with Crippen molar-refractivity contribution in [2.75, 3.05) is 20.2 Å². The van der Waals surface area contributed by atoms with Crippen LogP contribution in [0.5, 0.6) is 0 Å². The van der Waals surface area contributed by atoms with Crippen molar-refractivity contribution in [1.29, 1.82) is 0 Å². The lowest BCUT2D eigenvalue weighted by Crippen LogP contribution is -2.45. The van der Waals surface area contributed by atoms with Crippen molar-refractivity contribution in [2.24, 2.45) is 0 Å². The van der Waals surface area contributed by atoms with Gasteiger partial charge in [-0.15, -0.1) is 0 Å². The number of hydrogen-bond acceptors (Lipinski definition) is 2. The van der Waals surface area contributed by atoms with E-state index in [1.54, 1.807) is 7.11 Å². The average molecular weight is 247 g/mol. The van der Waals surface area contributed by atoms with Gasteiger partial charge in [0.25, 0.3) is 5.91 Å². The van der Waals surface area contributed by atoms with E-state index in [-0.39, 0.29) is 5.91 Å². The molecule has 1 atom stereocenters. The normalized spacial score (nSPS) is 20.2. The topological polar surface area (TPSA) is 29.5 Å². The zero-order chi connectivity index (χ0) is 13.2. The molecule has 0 bridgehead atoms. The molecule has 3 heteroatoms. The summed E-state index contributed by atoms with van der Waals surface area (Å²) in [6, 6.07) is 10.4. The Balaban J connectivity index is 2.03. The highest BCUT2D eigenvalue weighted by Gasteiger charge is 2.36. The molecule has 2 rings (SSSR count). The van der Waals surface area contributed by atoms with E-state index >= 15 is 0 Å². The van der Waals surface area contributed by atoms with Crippen LogP contribution in [0.1, 0.15) is 31.7 Å². The van der Waals surface area contributed by atoms with Gasteiger partial charge in [-0.1, -0.05) is 30.3 Å². The summed E-state index contributed by atoms with van der Waals surface area (Å²) in [5, 5.41) is 0. The van der Waals surface area contributed by atoms with Crippen LogP contribution in [0.3, 0.4) is 0 Å². The standard InChI is InChI=1S/C15H21NO2/c1-15(2,18-3)14(17)16-10-9-13(11-16)12-7-5-4-6-8-12/h4-8,13H,9-11H2,1-3H3. The Labute approximate surface area is 109 Å². The molecule has 1 saturated heterocycles. The molecule has 0 N–H and O–H groups in total. The van der Waals surface area contributed by atoms with Gasteiger partial charge in [0.2, 0.25) is 0 Å². The van der Waals surface area contributed by atoms with Gasteiger partial charge in [-0.25, -0.2) is 0 Å². The van der Waals surface area contributed by atoms with E-state index in [1.165, 1.54) is 5.56 Å². The summed E-state index contributed by atoms with van der Waals surface area (Å²) in [7, 11) is 1.59. The first-order valence-electron chi connectivity index (χ1n) is 6.44. The molecule has 3 nitrogen and oxygen atoms in total. The zero-order valence-corrected chi connectivity index (χ0v) is 11.3. The van der Waals surface area contributed by atoms with Crippen LogP contribution < -0.4 is 0 Å². The SMILES string of the molecule is COC(C)(C)C(=O)N1CCC(c2ccccc2)C1. The minimum atomic E-state index is -0.717. The van der Waals surface area contributed by atoms with E-state index in [0.29, 0.717) is 5.92 Å². The van der Waals surface area contributed by atoms with Crippen LogP contribution in [0.15, 0.2) is 30.3 Å². The molecule has 0 aromatic heterocycles. The number of ether oxygens (including phenoxy) is 1. The van der Waals surface area contributed by atoms with Gasteiger partial charge in [0.05, 0.1) is 0 Å². The molecular weight excluding hydrogens is 226 g/mol. The number of rotatable bonds is 3. The Kier molecular flexibility index (Phi) is 3.71. The molecule has 1 unspecified atom stereocenters. The first-order valence-corrected chi connectivity index (χ1v) is 6.44. The summed E-state index contributed by atoms with van der Waals surface area (Å²) in [6.07, 6.45) is 1.04. The number of hydrogen-bond donors (Lipinski definition) is 0. The summed E-state index contributed by atoms with van der Waals surface area (Å²) < 4.78 is 5.26. The number of amides is 1. The first kappa shape index (κ1) is 13.1. The fraction of sp³-hybridized carbons (Fsp3) is 0.533. The van der Waals surface area contributed by atoms with Crippen molar-refractivity contribution in [3.05, 3.63) is 35.9 Å². The van der Waals surface area contributed by atoms with Gasteiger partial charge < -0.3 is 9.64 Å². The number of benzene rings is 1. The van der Waals surface area contributed by atoms with Gasteiger partial charge in [0.15, 0.2) is 0 Å². The van der Waals surface area contributed by atoms with Crippen molar-refractivity contribution >= 4 is 5.91 Å². The molecule has 1 amide bonds. The van der Waals surface area contributed by atoms with Crippen LogP contribution in [-0.2, 0) is 9.53 Å². The highest BCUT2D eigenvalue weighted by molar-refractivity contribution is 5.84. The molecule has 1 aromatic rings. The van der Waals surface area contributed by atoms with Crippen molar-refractivity contribution in [3.8, 4) is 0 Å². The summed E-state index contributed by atoms with van der Waals surface area (Å²) in [6.45, 7) is 5.27. The molecule has 1 heterocycles. The Morgan fingerprint density at radius 3 is 2.61 bits per heavy atom. The van der Waals surface area contributed by atoms with E-state index in [9.17, 15) is 4.79 Å². The number of carbonyl (C=O) groups is 1. The van der Waals surface area contributed by atoms with E-state index in [0.717, 1.165) is 19.5 Å². The molecule has 1 aliphatic rings. The van der Waals surface area contributed by atoms with Crippen molar-refractivity contribution < 1.29 is 9.53 Å². The first-order chi connectivity index (χ1) is 8.54. The molecule has 0 saturated carbocycles. The Hall–Kier alpha value is -1.35. The molecule has 0 aliphatic carbocycles. The van der Waals surface area contributed by atoms with Crippen molar-refractivity contribution in [2.45, 2.75) is 31.8 Å². The zero-order valence-electron chi connectivity index (χ0n) is 11.3. The number of carbonyl (C=O) groups excluding carboxylic acids is 1.